The summed E-state index contributed by atoms with van der Waals surface area (Å²) in [5.41, 5.74) is -0.538. The normalized spacial score (nSPS) is 45.7. The van der Waals surface area contributed by atoms with Gasteiger partial charge in [-0.25, -0.2) is 0 Å². The van der Waals surface area contributed by atoms with Gasteiger partial charge in [0.05, 0.1) is 0 Å². The van der Waals surface area contributed by atoms with Crippen molar-refractivity contribution < 1.29 is 9.90 Å². The number of nitrogens with one attached hydrogen (secondary N) is 1. The number of fused-ring (bicyclic) bond motifs is 1. The fraction of sp³-hybridized carbons (Fsp3) is 0.909. The molecule has 2 N–H and O–H groups in total. The molecule has 14 heavy (non-hydrogen) atoms. The molecule has 3 rings (SSSR count). The van der Waals surface area contributed by atoms with Crippen molar-refractivity contribution in [1.29, 1.82) is 0 Å². The lowest BCUT2D eigenvalue weighted by Gasteiger charge is -2.34. The number of carboxylic acids is 1. The molecule has 0 radical (unpaired) electrons. The van der Waals surface area contributed by atoms with Crippen LogP contribution in [0.15, 0.2) is 0 Å². The van der Waals surface area contributed by atoms with E-state index in [0.717, 1.165) is 19.3 Å². The summed E-state index contributed by atoms with van der Waals surface area (Å²) in [5.74, 6) is 0.553. The molecule has 78 valence electrons. The molecule has 0 amide bonds. The van der Waals surface area contributed by atoms with E-state index in [1.165, 1.54) is 19.3 Å². The minimum absolute atomic E-state index is 0.439. The quantitative estimate of drug-likeness (QED) is 0.715. The lowest BCUT2D eigenvalue weighted by atomic mass is 9.81. The van der Waals surface area contributed by atoms with Gasteiger partial charge in [0, 0.05) is 6.04 Å². The van der Waals surface area contributed by atoms with E-state index in [9.17, 15) is 9.90 Å². The van der Waals surface area contributed by atoms with E-state index in [0.29, 0.717) is 17.9 Å². The van der Waals surface area contributed by atoms with Gasteiger partial charge in [0.1, 0.15) is 5.54 Å². The predicted molar refractivity (Wildman–Crippen MR) is 52.0 cm³/mol. The van der Waals surface area contributed by atoms with Crippen molar-refractivity contribution in [3.05, 3.63) is 0 Å². The fourth-order valence-electron chi connectivity index (χ4n) is 3.10. The Labute approximate surface area is 83.9 Å². The van der Waals surface area contributed by atoms with E-state index in [2.05, 4.69) is 5.32 Å². The van der Waals surface area contributed by atoms with Gasteiger partial charge in [-0.15, -0.1) is 0 Å². The van der Waals surface area contributed by atoms with Crippen LogP contribution in [-0.4, -0.2) is 22.7 Å². The molecule has 0 aromatic rings. The highest BCUT2D eigenvalue weighted by molar-refractivity contribution is 5.80. The first-order chi connectivity index (χ1) is 6.72. The number of hydrogen-bond acceptors (Lipinski definition) is 2. The van der Waals surface area contributed by atoms with Crippen LogP contribution in [-0.2, 0) is 4.79 Å². The van der Waals surface area contributed by atoms with E-state index in [1.54, 1.807) is 0 Å². The fourth-order valence-corrected chi connectivity index (χ4v) is 3.10. The maximum absolute atomic E-state index is 11.4. The molecule has 3 heteroatoms. The summed E-state index contributed by atoms with van der Waals surface area (Å²) >= 11 is 0. The molecule has 3 nitrogen and oxygen atoms in total. The van der Waals surface area contributed by atoms with Crippen molar-refractivity contribution in [3.8, 4) is 0 Å². The Balaban J connectivity index is 1.82. The molecule has 3 aliphatic rings. The maximum atomic E-state index is 11.4. The highest BCUT2D eigenvalue weighted by Gasteiger charge is 2.60. The van der Waals surface area contributed by atoms with Crippen LogP contribution >= 0.6 is 0 Å². The van der Waals surface area contributed by atoms with E-state index < -0.39 is 11.5 Å². The van der Waals surface area contributed by atoms with Crippen LogP contribution in [0.3, 0.4) is 0 Å². The summed E-state index contributed by atoms with van der Waals surface area (Å²) in [6.07, 6.45) is 6.68. The zero-order valence-corrected chi connectivity index (χ0v) is 8.33. The number of carboxylic acid groups (broad SMARTS) is 1. The zero-order valence-electron chi connectivity index (χ0n) is 8.33. The van der Waals surface area contributed by atoms with Crippen LogP contribution in [0.2, 0.25) is 0 Å². The molecule has 0 bridgehead atoms. The minimum Gasteiger partial charge on any atom is -0.480 e. The third kappa shape index (κ3) is 1.18. The van der Waals surface area contributed by atoms with Crippen LogP contribution in [0.5, 0.6) is 0 Å². The number of aliphatic carboxylic acids is 1. The van der Waals surface area contributed by atoms with Crippen molar-refractivity contribution in [1.82, 2.24) is 5.32 Å². The molecular weight excluding hydrogens is 178 g/mol. The average molecular weight is 195 g/mol. The van der Waals surface area contributed by atoms with Crippen LogP contribution in [0.1, 0.15) is 38.5 Å². The molecule has 0 heterocycles. The second kappa shape index (κ2) is 2.72. The Morgan fingerprint density at radius 3 is 2.79 bits per heavy atom. The van der Waals surface area contributed by atoms with Crippen LogP contribution < -0.4 is 5.32 Å². The van der Waals surface area contributed by atoms with Gasteiger partial charge in [0.15, 0.2) is 0 Å². The molecule has 0 aromatic carbocycles. The number of rotatable bonds is 3. The Kier molecular flexibility index (Phi) is 1.69. The first-order valence-corrected chi connectivity index (χ1v) is 5.73. The van der Waals surface area contributed by atoms with E-state index in [-0.39, 0.29) is 0 Å². The molecule has 3 aliphatic carbocycles. The van der Waals surface area contributed by atoms with Gasteiger partial charge in [-0.05, 0) is 37.5 Å². The maximum Gasteiger partial charge on any atom is 0.324 e. The second-order valence-electron chi connectivity index (χ2n) is 5.19. The van der Waals surface area contributed by atoms with Crippen molar-refractivity contribution in [2.75, 3.05) is 0 Å². The van der Waals surface area contributed by atoms with E-state index in [4.69, 9.17) is 0 Å². The lowest BCUT2D eigenvalue weighted by molar-refractivity contribution is -0.147. The molecule has 3 atom stereocenters. The van der Waals surface area contributed by atoms with Crippen molar-refractivity contribution in [2.24, 2.45) is 11.8 Å². The summed E-state index contributed by atoms with van der Waals surface area (Å²) in [5, 5.41) is 12.8. The Morgan fingerprint density at radius 2 is 2.14 bits per heavy atom. The lowest BCUT2D eigenvalue weighted by Crippen LogP contribution is -2.56. The Bertz CT molecular complexity index is 274. The average Bonchev–Trinajstić information content (AvgIpc) is 2.97. The third-order valence-electron chi connectivity index (χ3n) is 4.12. The molecule has 0 spiro atoms. The van der Waals surface area contributed by atoms with Crippen molar-refractivity contribution in [2.45, 2.75) is 50.1 Å². The second-order valence-corrected chi connectivity index (χ2v) is 5.19. The molecule has 3 saturated carbocycles. The largest absolute Gasteiger partial charge is 0.480 e. The Morgan fingerprint density at radius 1 is 1.36 bits per heavy atom. The van der Waals surface area contributed by atoms with Crippen molar-refractivity contribution in [3.63, 3.8) is 0 Å². The summed E-state index contributed by atoms with van der Waals surface area (Å²) in [6, 6.07) is 0.505. The zero-order chi connectivity index (χ0) is 9.76. The SMILES string of the molecule is O=C(O)C1(NC2CC2)CCCC2CC21. The highest BCUT2D eigenvalue weighted by Crippen LogP contribution is 2.55. The van der Waals surface area contributed by atoms with Crippen LogP contribution in [0.25, 0.3) is 0 Å². The van der Waals surface area contributed by atoms with Crippen LogP contribution in [0, 0.1) is 11.8 Å². The van der Waals surface area contributed by atoms with Gasteiger partial charge >= 0.3 is 5.97 Å². The first kappa shape index (κ1) is 8.72. The standard InChI is InChI=1S/C11H17NO2/c13-10(14)11(12-8-3-4-8)5-1-2-7-6-9(7)11/h7-9,12H,1-6H2,(H,13,14). The summed E-state index contributed by atoms with van der Waals surface area (Å²) in [4.78, 5) is 11.4. The molecular formula is C11H17NO2. The molecule has 0 aliphatic heterocycles. The van der Waals surface area contributed by atoms with Gasteiger partial charge in [0.25, 0.3) is 0 Å². The third-order valence-corrected chi connectivity index (χ3v) is 4.12. The minimum atomic E-state index is -0.600. The monoisotopic (exact) mass is 195 g/mol. The summed E-state index contributed by atoms with van der Waals surface area (Å²) in [6.45, 7) is 0. The molecule has 3 fully saturated rings. The predicted octanol–water partition coefficient (Wildman–Crippen LogP) is 1.38. The van der Waals surface area contributed by atoms with Gasteiger partial charge in [-0.3, -0.25) is 10.1 Å². The summed E-state index contributed by atoms with van der Waals surface area (Å²) < 4.78 is 0. The summed E-state index contributed by atoms with van der Waals surface area (Å²) in [7, 11) is 0. The molecule has 3 unspecified atom stereocenters. The Hall–Kier alpha value is -0.570. The number of carbonyl (C=O) groups is 1. The van der Waals surface area contributed by atoms with E-state index in [1.807, 2.05) is 0 Å². The van der Waals surface area contributed by atoms with E-state index >= 15 is 0 Å². The molecule has 0 saturated heterocycles. The highest BCUT2D eigenvalue weighted by atomic mass is 16.4. The van der Waals surface area contributed by atoms with Crippen LogP contribution in [0.4, 0.5) is 0 Å². The smallest absolute Gasteiger partial charge is 0.324 e. The van der Waals surface area contributed by atoms with Crippen molar-refractivity contribution >= 4 is 5.97 Å². The van der Waals surface area contributed by atoms with Gasteiger partial charge in [-0.1, -0.05) is 12.8 Å². The number of hydrogen-bond donors (Lipinski definition) is 2. The molecule has 0 aromatic heterocycles. The topological polar surface area (TPSA) is 49.3 Å². The first-order valence-electron chi connectivity index (χ1n) is 5.73. The van der Waals surface area contributed by atoms with Gasteiger partial charge < -0.3 is 5.11 Å². The van der Waals surface area contributed by atoms with Gasteiger partial charge in [0.2, 0.25) is 0 Å². The van der Waals surface area contributed by atoms with Gasteiger partial charge in [-0.2, -0.15) is 0 Å².